The second-order valence-electron chi connectivity index (χ2n) is 5.53. The highest BCUT2D eigenvalue weighted by Crippen LogP contribution is 2.38. The van der Waals surface area contributed by atoms with E-state index < -0.39 is 10.1 Å². The van der Waals surface area contributed by atoms with E-state index in [1.807, 2.05) is 0 Å². The van der Waals surface area contributed by atoms with Crippen molar-refractivity contribution in [3.63, 3.8) is 0 Å². The van der Waals surface area contributed by atoms with Gasteiger partial charge in [-0.2, -0.15) is 8.42 Å². The predicted octanol–water partition coefficient (Wildman–Crippen LogP) is 4.22. The van der Waals surface area contributed by atoms with Gasteiger partial charge in [-0.25, -0.2) is 0 Å². The minimum Gasteiger partial charge on any atom is -0.506 e. The Balaban J connectivity index is 2.09. The largest absolute Gasteiger partial charge is 0.506 e. The molecule has 3 rings (SSSR count). The van der Waals surface area contributed by atoms with E-state index in [-0.39, 0.29) is 16.3 Å². The van der Waals surface area contributed by atoms with Gasteiger partial charge in [0.05, 0.1) is 19.1 Å². The summed E-state index contributed by atoms with van der Waals surface area (Å²) in [7, 11) is -1.31. The van der Waals surface area contributed by atoms with E-state index in [1.165, 1.54) is 44.6 Å². The molecule has 0 aliphatic carbocycles. The second-order valence-corrected chi connectivity index (χ2v) is 6.95. The van der Waals surface area contributed by atoms with Gasteiger partial charge in [-0.05, 0) is 35.7 Å². The van der Waals surface area contributed by atoms with Crippen LogP contribution in [0.15, 0.2) is 63.7 Å². The van der Waals surface area contributed by atoms with Crippen molar-refractivity contribution in [2.45, 2.75) is 4.90 Å². The van der Waals surface area contributed by atoms with Crippen LogP contribution in [0.4, 0.5) is 11.4 Å². The Kier molecular flexibility index (Phi) is 4.98. The lowest BCUT2D eigenvalue weighted by atomic mass is 10.1. The van der Waals surface area contributed by atoms with Crippen molar-refractivity contribution in [3.05, 3.63) is 48.5 Å². The lowest BCUT2D eigenvalue weighted by Crippen LogP contribution is -1.97. The van der Waals surface area contributed by atoms with E-state index in [0.29, 0.717) is 28.0 Å². The standard InChI is InChI=1S/C18H16N2O6S/c1-25-12-4-7-15(17(10-12)26-2)19-20-18-14-6-5-13(27(22,23)24)9-11(14)3-8-16(18)21/h3-10,21H,1-2H3,(H,22,23,24). The third kappa shape index (κ3) is 3.83. The van der Waals surface area contributed by atoms with Crippen LogP contribution < -0.4 is 9.47 Å². The molecule has 140 valence electrons. The molecule has 0 aromatic heterocycles. The number of phenolic OH excluding ortho intramolecular Hbond substituents is 1. The van der Waals surface area contributed by atoms with Gasteiger partial charge >= 0.3 is 0 Å². The third-order valence-corrected chi connectivity index (χ3v) is 4.73. The molecule has 2 N–H and O–H groups in total. The lowest BCUT2D eigenvalue weighted by Gasteiger charge is -2.07. The zero-order chi connectivity index (χ0) is 19.6. The summed E-state index contributed by atoms with van der Waals surface area (Å²) in [6.45, 7) is 0. The summed E-state index contributed by atoms with van der Waals surface area (Å²) < 4.78 is 42.2. The fourth-order valence-corrected chi connectivity index (χ4v) is 3.03. The Morgan fingerprint density at radius 3 is 2.37 bits per heavy atom. The number of hydrogen-bond donors (Lipinski definition) is 2. The monoisotopic (exact) mass is 388 g/mol. The number of ether oxygens (including phenoxy) is 2. The Labute approximate surface area is 155 Å². The van der Waals surface area contributed by atoms with E-state index in [2.05, 4.69) is 10.2 Å². The van der Waals surface area contributed by atoms with E-state index in [0.717, 1.165) is 0 Å². The number of fused-ring (bicyclic) bond motifs is 1. The minimum absolute atomic E-state index is 0.127. The van der Waals surface area contributed by atoms with Crippen molar-refractivity contribution < 1.29 is 27.6 Å². The van der Waals surface area contributed by atoms with Gasteiger partial charge in [0.1, 0.15) is 28.6 Å². The van der Waals surface area contributed by atoms with E-state index >= 15 is 0 Å². The zero-order valence-corrected chi connectivity index (χ0v) is 15.3. The third-order valence-electron chi connectivity index (χ3n) is 3.88. The average molecular weight is 388 g/mol. The summed E-state index contributed by atoms with van der Waals surface area (Å²) in [6, 6.07) is 11.8. The van der Waals surface area contributed by atoms with Crippen LogP contribution in [0.5, 0.6) is 17.2 Å². The van der Waals surface area contributed by atoms with Crippen molar-refractivity contribution >= 4 is 32.3 Å². The van der Waals surface area contributed by atoms with Gasteiger partial charge in [0.25, 0.3) is 10.1 Å². The minimum atomic E-state index is -4.33. The number of nitrogens with zero attached hydrogens (tertiary/aromatic N) is 2. The molecule has 27 heavy (non-hydrogen) atoms. The van der Waals surface area contributed by atoms with Gasteiger partial charge < -0.3 is 14.6 Å². The van der Waals surface area contributed by atoms with Gasteiger partial charge in [-0.1, -0.05) is 12.1 Å². The first-order chi connectivity index (χ1) is 12.8. The molecular weight excluding hydrogens is 372 g/mol. The van der Waals surface area contributed by atoms with Crippen molar-refractivity contribution in [3.8, 4) is 17.2 Å². The molecule has 0 heterocycles. The number of phenols is 1. The highest BCUT2D eigenvalue weighted by atomic mass is 32.2. The molecule has 0 radical (unpaired) electrons. The topological polar surface area (TPSA) is 118 Å². The highest BCUT2D eigenvalue weighted by molar-refractivity contribution is 7.85. The summed E-state index contributed by atoms with van der Waals surface area (Å²) in [5.41, 5.74) is 0.580. The summed E-state index contributed by atoms with van der Waals surface area (Å²) in [5.74, 6) is 0.904. The normalized spacial score (nSPS) is 11.8. The highest BCUT2D eigenvalue weighted by Gasteiger charge is 2.13. The smallest absolute Gasteiger partial charge is 0.294 e. The molecule has 0 aliphatic rings. The lowest BCUT2D eigenvalue weighted by molar-refractivity contribution is 0.395. The van der Waals surface area contributed by atoms with Crippen molar-refractivity contribution in [1.29, 1.82) is 0 Å². The van der Waals surface area contributed by atoms with Crippen LogP contribution in [0.25, 0.3) is 10.8 Å². The first-order valence-electron chi connectivity index (χ1n) is 7.70. The van der Waals surface area contributed by atoms with Crippen LogP contribution in [-0.4, -0.2) is 32.3 Å². The summed E-state index contributed by atoms with van der Waals surface area (Å²) >= 11 is 0. The SMILES string of the molecule is COc1ccc(N=Nc2c(O)ccc3cc(S(=O)(=O)O)ccc23)c(OC)c1. The van der Waals surface area contributed by atoms with Gasteiger partial charge in [-0.3, -0.25) is 4.55 Å². The van der Waals surface area contributed by atoms with Crippen molar-refractivity contribution in [1.82, 2.24) is 0 Å². The predicted molar refractivity (Wildman–Crippen MR) is 99.1 cm³/mol. The molecule has 0 aliphatic heterocycles. The number of methoxy groups -OCH3 is 2. The van der Waals surface area contributed by atoms with E-state index in [4.69, 9.17) is 9.47 Å². The van der Waals surface area contributed by atoms with E-state index in [9.17, 15) is 18.1 Å². The summed E-state index contributed by atoms with van der Waals surface area (Å²) in [4.78, 5) is -0.250. The molecule has 8 nitrogen and oxygen atoms in total. The maximum atomic E-state index is 11.3. The maximum absolute atomic E-state index is 11.3. The van der Waals surface area contributed by atoms with Crippen LogP contribution in [0.1, 0.15) is 0 Å². The molecule has 3 aromatic carbocycles. The summed E-state index contributed by atoms with van der Waals surface area (Å²) in [5, 5.41) is 19.3. The van der Waals surface area contributed by atoms with Crippen LogP contribution in [0.2, 0.25) is 0 Å². The second kappa shape index (κ2) is 7.22. The number of azo groups is 1. The molecule has 9 heteroatoms. The molecule has 0 unspecified atom stereocenters. The summed E-state index contributed by atoms with van der Waals surface area (Å²) in [6.07, 6.45) is 0. The van der Waals surface area contributed by atoms with Crippen LogP contribution >= 0.6 is 0 Å². The van der Waals surface area contributed by atoms with Crippen molar-refractivity contribution in [2.24, 2.45) is 10.2 Å². The first-order valence-corrected chi connectivity index (χ1v) is 9.14. The zero-order valence-electron chi connectivity index (χ0n) is 14.4. The Bertz CT molecular complexity index is 1140. The fraction of sp³-hybridized carbons (Fsp3) is 0.111. The van der Waals surface area contributed by atoms with Gasteiger partial charge in [0.2, 0.25) is 0 Å². The maximum Gasteiger partial charge on any atom is 0.294 e. The molecule has 0 atom stereocenters. The molecule has 0 saturated heterocycles. The molecule has 0 bridgehead atoms. The molecule has 3 aromatic rings. The number of benzene rings is 3. The van der Waals surface area contributed by atoms with Crippen molar-refractivity contribution in [2.75, 3.05) is 14.2 Å². The number of hydrogen-bond acceptors (Lipinski definition) is 7. The molecule has 0 saturated carbocycles. The van der Waals surface area contributed by atoms with E-state index in [1.54, 1.807) is 18.2 Å². The Hall–Kier alpha value is -3.17. The van der Waals surface area contributed by atoms with Crippen LogP contribution in [-0.2, 0) is 10.1 Å². The molecule has 0 fully saturated rings. The van der Waals surface area contributed by atoms with Gasteiger partial charge in [-0.15, -0.1) is 10.2 Å². The average Bonchev–Trinajstić information content (AvgIpc) is 2.66. The fourth-order valence-electron chi connectivity index (χ4n) is 2.52. The number of aromatic hydroxyl groups is 1. The molecular formula is C18H16N2O6S. The Morgan fingerprint density at radius 1 is 0.926 bits per heavy atom. The molecule has 0 spiro atoms. The molecule has 0 amide bonds. The Morgan fingerprint density at radius 2 is 1.70 bits per heavy atom. The van der Waals surface area contributed by atoms with Gasteiger partial charge in [0, 0.05) is 11.5 Å². The first kappa shape index (κ1) is 18.6. The number of rotatable bonds is 5. The van der Waals surface area contributed by atoms with Gasteiger partial charge in [0.15, 0.2) is 0 Å². The van der Waals surface area contributed by atoms with Crippen LogP contribution in [0.3, 0.4) is 0 Å². The quantitative estimate of drug-likeness (QED) is 0.499. The van der Waals surface area contributed by atoms with Crippen LogP contribution in [0, 0.1) is 0 Å².